The quantitative estimate of drug-likeness (QED) is 0.533. The second-order valence-corrected chi connectivity index (χ2v) is 3.49. The van der Waals surface area contributed by atoms with Crippen LogP contribution in [-0.4, -0.2) is 0 Å². The Balaban J connectivity index is 0. The highest BCUT2D eigenvalue weighted by atomic mass is 14.2. The summed E-state index contributed by atoms with van der Waals surface area (Å²) in [6, 6.07) is 0. The van der Waals surface area contributed by atoms with Gasteiger partial charge in [0.2, 0.25) is 0 Å². The third-order valence-corrected chi connectivity index (χ3v) is 2.04. The van der Waals surface area contributed by atoms with Crippen molar-refractivity contribution in [1.82, 2.24) is 0 Å². The first-order valence-electron chi connectivity index (χ1n) is 4.25. The van der Waals surface area contributed by atoms with Crippen molar-refractivity contribution >= 4 is 0 Å². The van der Waals surface area contributed by atoms with E-state index in [0.717, 1.165) is 11.8 Å². The summed E-state index contributed by atoms with van der Waals surface area (Å²) < 4.78 is 0. The molecular weight excluding hydrogens is 132 g/mol. The first kappa shape index (κ1) is 13.3. The van der Waals surface area contributed by atoms with Gasteiger partial charge in [-0.3, -0.25) is 0 Å². The third kappa shape index (κ3) is 5.06. The Morgan fingerprint density at radius 3 is 1.91 bits per heavy atom. The summed E-state index contributed by atoms with van der Waals surface area (Å²) in [4.78, 5) is 0. The van der Waals surface area contributed by atoms with E-state index in [0.29, 0.717) is 0 Å². The Morgan fingerprint density at radius 2 is 1.82 bits per heavy atom. The second kappa shape index (κ2) is 6.45. The Kier molecular flexibility index (Phi) is 7.82. The van der Waals surface area contributed by atoms with E-state index in [-0.39, 0.29) is 7.43 Å². The van der Waals surface area contributed by atoms with E-state index in [4.69, 9.17) is 0 Å². The Morgan fingerprint density at radius 1 is 1.36 bits per heavy atom. The van der Waals surface area contributed by atoms with Crippen molar-refractivity contribution in [2.75, 3.05) is 0 Å². The van der Waals surface area contributed by atoms with Gasteiger partial charge in [-0.25, -0.2) is 0 Å². The zero-order valence-electron chi connectivity index (χ0n) is 7.78. The van der Waals surface area contributed by atoms with Crippen LogP contribution in [0, 0.1) is 11.8 Å². The smallest absolute Gasteiger partial charge is 0.0186 e. The van der Waals surface area contributed by atoms with E-state index in [1.54, 1.807) is 0 Å². The monoisotopic (exact) mass is 156 g/mol. The highest BCUT2D eigenvalue weighted by Crippen LogP contribution is 2.23. The Labute approximate surface area is 72.7 Å². The van der Waals surface area contributed by atoms with Gasteiger partial charge in [0.05, 0.1) is 0 Å². The Bertz CT molecular complexity index is 101. The highest BCUT2D eigenvalue weighted by molar-refractivity contribution is 4.96. The minimum atomic E-state index is 0. The zero-order valence-corrected chi connectivity index (χ0v) is 7.78. The topological polar surface area (TPSA) is 0 Å². The minimum Gasteiger partial charge on any atom is -0.0999 e. The molecule has 0 amide bonds. The fourth-order valence-electron chi connectivity index (χ4n) is 1.46. The fourth-order valence-corrected chi connectivity index (χ4v) is 1.46. The van der Waals surface area contributed by atoms with Crippen molar-refractivity contribution in [3.63, 3.8) is 0 Å². The molecule has 0 N–H and O–H groups in total. The van der Waals surface area contributed by atoms with Gasteiger partial charge in [-0.15, -0.1) is 0 Å². The van der Waals surface area contributed by atoms with Crippen LogP contribution in [0.1, 0.15) is 48.0 Å². The molecule has 0 aromatic rings. The maximum Gasteiger partial charge on any atom is -0.0186 e. The second-order valence-electron chi connectivity index (χ2n) is 3.49. The van der Waals surface area contributed by atoms with E-state index in [1.165, 1.54) is 18.4 Å². The van der Waals surface area contributed by atoms with Crippen molar-refractivity contribution in [2.45, 2.75) is 48.0 Å². The lowest BCUT2D eigenvalue weighted by atomic mass is 9.86. The van der Waals surface area contributed by atoms with Gasteiger partial charge in [-0.05, 0) is 25.2 Å². The molecule has 0 fully saturated rings. The lowest BCUT2D eigenvalue weighted by Crippen LogP contribution is -2.08. The largest absolute Gasteiger partial charge is 0.0999 e. The first-order valence-corrected chi connectivity index (χ1v) is 4.25. The van der Waals surface area contributed by atoms with Crippen LogP contribution in [0.15, 0.2) is 12.2 Å². The average Bonchev–Trinajstić information content (AvgIpc) is 1.81. The molecule has 0 aliphatic heterocycles. The highest BCUT2D eigenvalue weighted by Gasteiger charge is 2.11. The van der Waals surface area contributed by atoms with Gasteiger partial charge in [0.15, 0.2) is 0 Å². The van der Waals surface area contributed by atoms with Gasteiger partial charge in [0.1, 0.15) is 0 Å². The van der Waals surface area contributed by atoms with Crippen LogP contribution in [0.5, 0.6) is 0 Å². The van der Waals surface area contributed by atoms with E-state index in [1.807, 2.05) is 0 Å². The SMILES string of the molecule is C.C=C(C)[C@H](CCC)C(C)C. The summed E-state index contributed by atoms with van der Waals surface area (Å²) in [6.07, 6.45) is 2.57. The third-order valence-electron chi connectivity index (χ3n) is 2.04. The van der Waals surface area contributed by atoms with Crippen LogP contribution in [0.4, 0.5) is 0 Å². The number of allylic oxidation sites excluding steroid dienone is 1. The summed E-state index contributed by atoms with van der Waals surface area (Å²) in [5.74, 6) is 1.50. The van der Waals surface area contributed by atoms with Crippen LogP contribution in [0.25, 0.3) is 0 Å². The normalized spacial score (nSPS) is 12.5. The average molecular weight is 156 g/mol. The van der Waals surface area contributed by atoms with E-state index < -0.39 is 0 Å². The Hall–Kier alpha value is -0.260. The molecule has 0 unspecified atom stereocenters. The molecule has 0 rings (SSSR count). The number of rotatable bonds is 4. The van der Waals surface area contributed by atoms with Crippen LogP contribution in [-0.2, 0) is 0 Å². The lowest BCUT2D eigenvalue weighted by molar-refractivity contribution is 0.412. The molecule has 0 radical (unpaired) electrons. The molecule has 0 heteroatoms. The minimum absolute atomic E-state index is 0. The summed E-state index contributed by atoms with van der Waals surface area (Å²) in [6.45, 7) is 12.9. The van der Waals surface area contributed by atoms with E-state index in [2.05, 4.69) is 34.3 Å². The number of hydrogen-bond donors (Lipinski definition) is 0. The van der Waals surface area contributed by atoms with Gasteiger partial charge < -0.3 is 0 Å². The molecule has 0 nitrogen and oxygen atoms in total. The molecule has 0 spiro atoms. The summed E-state index contributed by atoms with van der Waals surface area (Å²) in [7, 11) is 0. The van der Waals surface area contributed by atoms with Gasteiger partial charge in [-0.1, -0.05) is 46.8 Å². The molecule has 0 aliphatic rings. The molecule has 11 heavy (non-hydrogen) atoms. The molecule has 0 aromatic carbocycles. The molecule has 0 saturated heterocycles. The zero-order chi connectivity index (χ0) is 8.15. The molecule has 0 saturated carbocycles. The van der Waals surface area contributed by atoms with Crippen molar-refractivity contribution in [3.8, 4) is 0 Å². The van der Waals surface area contributed by atoms with E-state index >= 15 is 0 Å². The van der Waals surface area contributed by atoms with Gasteiger partial charge >= 0.3 is 0 Å². The maximum atomic E-state index is 4.00. The van der Waals surface area contributed by atoms with Crippen molar-refractivity contribution in [1.29, 1.82) is 0 Å². The van der Waals surface area contributed by atoms with Gasteiger partial charge in [0.25, 0.3) is 0 Å². The number of hydrogen-bond acceptors (Lipinski definition) is 0. The molecule has 0 bridgehead atoms. The van der Waals surface area contributed by atoms with Gasteiger partial charge in [0, 0.05) is 0 Å². The molecule has 0 heterocycles. The summed E-state index contributed by atoms with van der Waals surface area (Å²) >= 11 is 0. The van der Waals surface area contributed by atoms with Crippen molar-refractivity contribution < 1.29 is 0 Å². The predicted molar refractivity (Wildman–Crippen MR) is 54.8 cm³/mol. The van der Waals surface area contributed by atoms with Crippen LogP contribution >= 0.6 is 0 Å². The van der Waals surface area contributed by atoms with Crippen LogP contribution in [0.3, 0.4) is 0 Å². The molecule has 0 aliphatic carbocycles. The van der Waals surface area contributed by atoms with Gasteiger partial charge in [-0.2, -0.15) is 0 Å². The van der Waals surface area contributed by atoms with Crippen molar-refractivity contribution in [3.05, 3.63) is 12.2 Å². The molecular formula is C11H24. The lowest BCUT2D eigenvalue weighted by Gasteiger charge is -2.19. The molecule has 0 aromatic heterocycles. The fraction of sp³-hybridized carbons (Fsp3) is 0.818. The van der Waals surface area contributed by atoms with Crippen molar-refractivity contribution in [2.24, 2.45) is 11.8 Å². The predicted octanol–water partition coefficient (Wildman–Crippen LogP) is 4.27. The van der Waals surface area contributed by atoms with Crippen LogP contribution < -0.4 is 0 Å². The van der Waals surface area contributed by atoms with Crippen LogP contribution in [0.2, 0.25) is 0 Å². The first-order chi connectivity index (χ1) is 4.59. The standard InChI is InChI=1S/C10H20.CH4/c1-6-7-10(8(2)3)9(4)5;/h9-10H,2,6-7H2,1,3-5H3;1H4/t10-;/m0./s1. The molecule has 68 valence electrons. The summed E-state index contributed by atoms with van der Waals surface area (Å²) in [5, 5.41) is 0. The maximum absolute atomic E-state index is 4.00. The summed E-state index contributed by atoms with van der Waals surface area (Å²) in [5.41, 5.74) is 1.34. The molecule has 1 atom stereocenters. The van der Waals surface area contributed by atoms with E-state index in [9.17, 15) is 0 Å².